The summed E-state index contributed by atoms with van der Waals surface area (Å²) in [5.41, 5.74) is 6.03. The lowest BCUT2D eigenvalue weighted by Gasteiger charge is -2.22. The molecule has 0 aliphatic carbocycles. The third kappa shape index (κ3) is 3.58. The van der Waals surface area contributed by atoms with Crippen LogP contribution in [0.2, 0.25) is 5.15 Å². The summed E-state index contributed by atoms with van der Waals surface area (Å²) in [6.07, 6.45) is 2.33. The molecule has 3 N–H and O–H groups in total. The molecular weight excluding hydrogens is 264 g/mol. The molecule has 2 rings (SSSR count). The first-order valence-corrected chi connectivity index (χ1v) is 6.93. The van der Waals surface area contributed by atoms with Gasteiger partial charge in [0.25, 0.3) is 5.91 Å². The number of nitrogens with zero attached hydrogens (tertiary/aromatic N) is 2. The predicted molar refractivity (Wildman–Crippen MR) is 76.3 cm³/mol. The minimum Gasteiger partial charge on any atom is -0.384 e. The van der Waals surface area contributed by atoms with Crippen molar-refractivity contribution >= 4 is 23.3 Å². The van der Waals surface area contributed by atoms with Crippen molar-refractivity contribution in [1.29, 1.82) is 0 Å². The first-order valence-electron chi connectivity index (χ1n) is 6.55. The van der Waals surface area contributed by atoms with Gasteiger partial charge in [-0.2, -0.15) is 0 Å². The number of likely N-dealkylation sites (N-methyl/N-ethyl adjacent to an activating group) is 1. The van der Waals surface area contributed by atoms with Crippen LogP contribution in [-0.2, 0) is 0 Å². The Labute approximate surface area is 118 Å². The second-order valence-electron chi connectivity index (χ2n) is 4.74. The molecule has 104 valence electrons. The maximum Gasteiger partial charge on any atom is 0.251 e. The molecule has 19 heavy (non-hydrogen) atoms. The fourth-order valence-corrected chi connectivity index (χ4v) is 2.72. The predicted octanol–water partition coefficient (Wildman–Crippen LogP) is 1.53. The normalized spacial score (nSPS) is 19.6. The molecule has 1 amide bonds. The van der Waals surface area contributed by atoms with Gasteiger partial charge >= 0.3 is 0 Å². The zero-order valence-corrected chi connectivity index (χ0v) is 11.8. The molecule has 0 radical (unpaired) electrons. The van der Waals surface area contributed by atoms with Crippen LogP contribution in [0, 0.1) is 0 Å². The van der Waals surface area contributed by atoms with Crippen LogP contribution >= 0.6 is 11.6 Å². The summed E-state index contributed by atoms with van der Waals surface area (Å²) in [4.78, 5) is 18.2. The van der Waals surface area contributed by atoms with Crippen molar-refractivity contribution < 1.29 is 4.79 Å². The average Bonchev–Trinajstić information content (AvgIpc) is 2.82. The smallest absolute Gasteiger partial charge is 0.251 e. The van der Waals surface area contributed by atoms with Gasteiger partial charge in [0, 0.05) is 18.2 Å². The van der Waals surface area contributed by atoms with Crippen LogP contribution in [0.1, 0.15) is 30.1 Å². The first kappa shape index (κ1) is 14.1. The Kier molecular flexibility index (Phi) is 4.61. The van der Waals surface area contributed by atoms with Gasteiger partial charge in [0.05, 0.1) is 0 Å². The summed E-state index contributed by atoms with van der Waals surface area (Å²) in [6, 6.07) is 3.50. The summed E-state index contributed by atoms with van der Waals surface area (Å²) in [5.74, 6) is 0.104. The van der Waals surface area contributed by atoms with E-state index in [1.165, 1.54) is 18.6 Å². The SMILES string of the molecule is CCN1CCCC1CNC(=O)c1cc(N)nc(Cl)c1. The van der Waals surface area contributed by atoms with E-state index in [2.05, 4.69) is 22.1 Å². The van der Waals surface area contributed by atoms with Crippen LogP contribution in [-0.4, -0.2) is 41.5 Å². The van der Waals surface area contributed by atoms with Crippen molar-refractivity contribution in [2.45, 2.75) is 25.8 Å². The van der Waals surface area contributed by atoms with Gasteiger partial charge in [0.15, 0.2) is 0 Å². The topological polar surface area (TPSA) is 71.2 Å². The van der Waals surface area contributed by atoms with Gasteiger partial charge in [-0.05, 0) is 38.1 Å². The van der Waals surface area contributed by atoms with Crippen LogP contribution in [0.4, 0.5) is 5.82 Å². The van der Waals surface area contributed by atoms with Crippen LogP contribution in [0.3, 0.4) is 0 Å². The Morgan fingerprint density at radius 2 is 2.42 bits per heavy atom. The van der Waals surface area contributed by atoms with E-state index >= 15 is 0 Å². The number of anilines is 1. The number of hydrogen-bond donors (Lipinski definition) is 2. The fraction of sp³-hybridized carbons (Fsp3) is 0.538. The first-order chi connectivity index (χ1) is 9.10. The lowest BCUT2D eigenvalue weighted by atomic mass is 10.2. The Hall–Kier alpha value is -1.33. The molecule has 1 atom stereocenters. The van der Waals surface area contributed by atoms with Crippen molar-refractivity contribution in [3.05, 3.63) is 22.8 Å². The van der Waals surface area contributed by atoms with Crippen molar-refractivity contribution in [2.75, 3.05) is 25.4 Å². The van der Waals surface area contributed by atoms with Crippen molar-refractivity contribution in [1.82, 2.24) is 15.2 Å². The third-order valence-electron chi connectivity index (χ3n) is 3.48. The van der Waals surface area contributed by atoms with E-state index in [9.17, 15) is 4.79 Å². The second-order valence-corrected chi connectivity index (χ2v) is 5.13. The van der Waals surface area contributed by atoms with Gasteiger partial charge in [-0.25, -0.2) is 4.98 Å². The number of pyridine rings is 1. The number of carbonyl (C=O) groups excluding carboxylic acids is 1. The van der Waals surface area contributed by atoms with Gasteiger partial charge < -0.3 is 11.1 Å². The highest BCUT2D eigenvalue weighted by molar-refractivity contribution is 6.29. The Morgan fingerprint density at radius 1 is 1.63 bits per heavy atom. The average molecular weight is 283 g/mol. The minimum atomic E-state index is -0.154. The number of aromatic nitrogens is 1. The second kappa shape index (κ2) is 6.21. The maximum absolute atomic E-state index is 12.0. The van der Waals surface area contributed by atoms with Crippen molar-refractivity contribution in [3.63, 3.8) is 0 Å². The molecule has 0 aromatic carbocycles. The van der Waals surface area contributed by atoms with Crippen LogP contribution in [0.15, 0.2) is 12.1 Å². The van der Waals surface area contributed by atoms with Gasteiger partial charge in [0.2, 0.25) is 0 Å². The zero-order chi connectivity index (χ0) is 13.8. The van der Waals surface area contributed by atoms with E-state index in [0.29, 0.717) is 18.2 Å². The molecule has 1 saturated heterocycles. The molecule has 1 aliphatic rings. The summed E-state index contributed by atoms with van der Waals surface area (Å²) < 4.78 is 0. The molecule has 1 fully saturated rings. The highest BCUT2D eigenvalue weighted by Gasteiger charge is 2.23. The van der Waals surface area contributed by atoms with E-state index in [4.69, 9.17) is 17.3 Å². The molecule has 0 saturated carbocycles. The number of hydrogen-bond acceptors (Lipinski definition) is 4. The quantitative estimate of drug-likeness (QED) is 0.822. The Bertz CT molecular complexity index is 446. The molecule has 1 aromatic heterocycles. The van der Waals surface area contributed by atoms with Gasteiger partial charge in [-0.1, -0.05) is 18.5 Å². The summed E-state index contributed by atoms with van der Waals surface area (Å²) in [6.45, 7) is 4.94. The number of carbonyl (C=O) groups is 1. The highest BCUT2D eigenvalue weighted by Crippen LogP contribution is 2.16. The summed E-state index contributed by atoms with van der Waals surface area (Å²) >= 11 is 5.79. The lowest BCUT2D eigenvalue weighted by Crippen LogP contribution is -2.40. The monoisotopic (exact) mass is 282 g/mol. The van der Waals surface area contributed by atoms with Crippen LogP contribution < -0.4 is 11.1 Å². The lowest BCUT2D eigenvalue weighted by molar-refractivity contribution is 0.0941. The fourth-order valence-electron chi connectivity index (χ4n) is 2.50. The van der Waals surface area contributed by atoms with E-state index in [-0.39, 0.29) is 16.9 Å². The summed E-state index contributed by atoms with van der Waals surface area (Å²) in [5, 5.41) is 3.17. The van der Waals surface area contributed by atoms with E-state index < -0.39 is 0 Å². The zero-order valence-electron chi connectivity index (χ0n) is 11.0. The number of amides is 1. The van der Waals surface area contributed by atoms with Crippen molar-refractivity contribution in [2.24, 2.45) is 0 Å². The van der Waals surface area contributed by atoms with Gasteiger partial charge in [0.1, 0.15) is 11.0 Å². The third-order valence-corrected chi connectivity index (χ3v) is 3.67. The van der Waals surface area contributed by atoms with Gasteiger partial charge in [-0.15, -0.1) is 0 Å². The number of rotatable bonds is 4. The molecule has 1 aliphatic heterocycles. The van der Waals surface area contributed by atoms with Crippen molar-refractivity contribution in [3.8, 4) is 0 Å². The van der Waals surface area contributed by atoms with Crippen LogP contribution in [0.5, 0.6) is 0 Å². The summed E-state index contributed by atoms with van der Waals surface area (Å²) in [7, 11) is 0. The van der Waals surface area contributed by atoms with E-state index in [1.54, 1.807) is 0 Å². The Balaban J connectivity index is 1.94. The van der Waals surface area contributed by atoms with E-state index in [1.807, 2.05) is 0 Å². The molecule has 2 heterocycles. The number of nitrogen functional groups attached to an aromatic ring is 1. The minimum absolute atomic E-state index is 0.154. The molecular formula is C13H19ClN4O. The largest absolute Gasteiger partial charge is 0.384 e. The molecule has 1 unspecified atom stereocenters. The van der Waals surface area contributed by atoms with Gasteiger partial charge in [-0.3, -0.25) is 9.69 Å². The standard InChI is InChI=1S/C13H19ClN4O/c1-2-18-5-3-4-10(18)8-16-13(19)9-6-11(14)17-12(15)7-9/h6-7,10H,2-5,8H2,1H3,(H2,15,17)(H,16,19). The molecule has 1 aromatic rings. The molecule has 0 spiro atoms. The molecule has 5 nitrogen and oxygen atoms in total. The van der Waals surface area contributed by atoms with Crippen LogP contribution in [0.25, 0.3) is 0 Å². The maximum atomic E-state index is 12.0. The number of nitrogens with one attached hydrogen (secondary N) is 1. The molecule has 6 heteroatoms. The number of nitrogens with two attached hydrogens (primary N) is 1. The van der Waals surface area contributed by atoms with E-state index in [0.717, 1.165) is 19.5 Å². The molecule has 0 bridgehead atoms. The highest BCUT2D eigenvalue weighted by atomic mass is 35.5. The Morgan fingerprint density at radius 3 is 3.11 bits per heavy atom. The number of likely N-dealkylation sites (tertiary alicyclic amines) is 1. The number of halogens is 1.